The monoisotopic (exact) mass is 266 g/mol. The zero-order valence-electron chi connectivity index (χ0n) is 11.7. The number of rotatable bonds is 1. The van der Waals surface area contributed by atoms with Gasteiger partial charge in [0.1, 0.15) is 0 Å². The molecule has 1 saturated heterocycles. The van der Waals surface area contributed by atoms with Crippen LogP contribution in [0.2, 0.25) is 0 Å². The van der Waals surface area contributed by atoms with E-state index in [4.69, 9.17) is 10.5 Å². The van der Waals surface area contributed by atoms with Crippen LogP contribution in [0.5, 0.6) is 0 Å². The van der Waals surface area contributed by atoms with Gasteiger partial charge >= 0.3 is 0 Å². The Kier molecular flexibility index (Phi) is 4.08. The number of hydrogen-bond acceptors (Lipinski definition) is 3. The molecule has 0 radical (unpaired) electrons. The van der Waals surface area contributed by atoms with Gasteiger partial charge in [0.05, 0.1) is 6.61 Å². The SMILES string of the molecule is NC1C2CCCC1CC(C(=O)N1CCCOCC1)C2. The predicted molar refractivity (Wildman–Crippen MR) is 73.5 cm³/mol. The van der Waals surface area contributed by atoms with Crippen LogP contribution in [0.4, 0.5) is 0 Å². The highest BCUT2D eigenvalue weighted by Crippen LogP contribution is 2.42. The van der Waals surface area contributed by atoms with Crippen molar-refractivity contribution in [3.8, 4) is 0 Å². The maximum Gasteiger partial charge on any atom is 0.225 e. The van der Waals surface area contributed by atoms with E-state index in [0.29, 0.717) is 30.4 Å². The second-order valence-corrected chi connectivity index (χ2v) is 6.49. The van der Waals surface area contributed by atoms with Gasteiger partial charge in [0, 0.05) is 31.7 Å². The molecule has 19 heavy (non-hydrogen) atoms. The van der Waals surface area contributed by atoms with E-state index in [1.807, 2.05) is 4.90 Å². The lowest BCUT2D eigenvalue weighted by Crippen LogP contribution is -2.50. The van der Waals surface area contributed by atoms with Crippen molar-refractivity contribution in [1.29, 1.82) is 0 Å². The number of amides is 1. The molecule has 0 aromatic carbocycles. The summed E-state index contributed by atoms with van der Waals surface area (Å²) in [5.41, 5.74) is 6.31. The summed E-state index contributed by atoms with van der Waals surface area (Å²) in [6.45, 7) is 3.14. The molecule has 2 unspecified atom stereocenters. The Labute approximate surface area is 115 Å². The third kappa shape index (κ3) is 2.79. The molecular formula is C15H26N2O2. The number of hydrogen-bond donors (Lipinski definition) is 1. The van der Waals surface area contributed by atoms with Gasteiger partial charge in [0.2, 0.25) is 5.91 Å². The molecule has 2 N–H and O–H groups in total. The number of fused-ring (bicyclic) bond motifs is 2. The number of nitrogens with zero attached hydrogens (tertiary/aromatic N) is 1. The zero-order valence-corrected chi connectivity index (χ0v) is 11.7. The Hall–Kier alpha value is -0.610. The highest BCUT2D eigenvalue weighted by molar-refractivity contribution is 5.79. The van der Waals surface area contributed by atoms with E-state index in [1.165, 1.54) is 19.3 Å². The van der Waals surface area contributed by atoms with E-state index in [-0.39, 0.29) is 5.92 Å². The molecular weight excluding hydrogens is 240 g/mol. The fraction of sp³-hybridized carbons (Fsp3) is 0.933. The van der Waals surface area contributed by atoms with E-state index < -0.39 is 0 Å². The van der Waals surface area contributed by atoms with Crippen molar-refractivity contribution in [3.63, 3.8) is 0 Å². The van der Waals surface area contributed by atoms with Gasteiger partial charge < -0.3 is 15.4 Å². The molecule has 2 saturated carbocycles. The normalized spacial score (nSPS) is 39.7. The maximum absolute atomic E-state index is 12.7. The second-order valence-electron chi connectivity index (χ2n) is 6.49. The Morgan fingerprint density at radius 3 is 2.53 bits per heavy atom. The molecule has 2 bridgehead atoms. The van der Waals surface area contributed by atoms with Crippen LogP contribution in [0.1, 0.15) is 38.5 Å². The average molecular weight is 266 g/mol. The first-order valence-electron chi connectivity index (χ1n) is 7.88. The third-order valence-electron chi connectivity index (χ3n) is 5.30. The van der Waals surface area contributed by atoms with Crippen LogP contribution in [-0.2, 0) is 9.53 Å². The lowest BCUT2D eigenvalue weighted by atomic mass is 9.65. The van der Waals surface area contributed by atoms with Crippen LogP contribution < -0.4 is 5.73 Å². The third-order valence-corrected chi connectivity index (χ3v) is 5.30. The largest absolute Gasteiger partial charge is 0.380 e. The second kappa shape index (κ2) is 5.80. The predicted octanol–water partition coefficient (Wildman–Crippen LogP) is 1.39. The number of nitrogens with two attached hydrogens (primary N) is 1. The summed E-state index contributed by atoms with van der Waals surface area (Å²) >= 11 is 0. The summed E-state index contributed by atoms with van der Waals surface area (Å²) in [6.07, 6.45) is 6.78. The average Bonchev–Trinajstić information content (AvgIpc) is 2.66. The van der Waals surface area contributed by atoms with Crippen molar-refractivity contribution in [2.75, 3.05) is 26.3 Å². The van der Waals surface area contributed by atoms with Gasteiger partial charge in [-0.2, -0.15) is 0 Å². The van der Waals surface area contributed by atoms with Crippen molar-refractivity contribution in [1.82, 2.24) is 4.90 Å². The summed E-state index contributed by atoms with van der Waals surface area (Å²) in [4.78, 5) is 14.7. The van der Waals surface area contributed by atoms with Crippen LogP contribution >= 0.6 is 0 Å². The van der Waals surface area contributed by atoms with E-state index in [9.17, 15) is 4.79 Å². The molecule has 1 amide bonds. The highest BCUT2D eigenvalue weighted by Gasteiger charge is 2.41. The Balaban J connectivity index is 1.63. The minimum Gasteiger partial charge on any atom is -0.380 e. The molecule has 1 heterocycles. The Bertz CT molecular complexity index is 312. The quantitative estimate of drug-likeness (QED) is 0.780. The van der Waals surface area contributed by atoms with E-state index in [2.05, 4.69) is 0 Å². The van der Waals surface area contributed by atoms with Gasteiger partial charge in [-0.1, -0.05) is 6.42 Å². The van der Waals surface area contributed by atoms with Crippen LogP contribution in [0.3, 0.4) is 0 Å². The van der Waals surface area contributed by atoms with Crippen molar-refractivity contribution < 1.29 is 9.53 Å². The molecule has 3 rings (SSSR count). The summed E-state index contributed by atoms with van der Waals surface area (Å²) < 4.78 is 5.44. The summed E-state index contributed by atoms with van der Waals surface area (Å²) in [5, 5.41) is 0. The van der Waals surface area contributed by atoms with Crippen LogP contribution in [0, 0.1) is 17.8 Å². The maximum atomic E-state index is 12.7. The Morgan fingerprint density at radius 1 is 1.05 bits per heavy atom. The van der Waals surface area contributed by atoms with Crippen molar-refractivity contribution in [2.24, 2.45) is 23.5 Å². The van der Waals surface area contributed by atoms with E-state index >= 15 is 0 Å². The molecule has 2 atom stereocenters. The first-order valence-corrected chi connectivity index (χ1v) is 7.88. The molecule has 108 valence electrons. The van der Waals surface area contributed by atoms with Gasteiger partial charge in [0.15, 0.2) is 0 Å². The summed E-state index contributed by atoms with van der Waals surface area (Å²) in [5.74, 6) is 1.77. The standard InChI is InChI=1S/C15H26N2O2/c16-14-11-3-1-4-12(14)10-13(9-11)15(18)17-5-2-7-19-8-6-17/h11-14H,1-10,16H2. The summed E-state index contributed by atoms with van der Waals surface area (Å²) in [6, 6.07) is 0.352. The van der Waals surface area contributed by atoms with Crippen molar-refractivity contribution in [3.05, 3.63) is 0 Å². The van der Waals surface area contributed by atoms with Gasteiger partial charge in [-0.15, -0.1) is 0 Å². The minimum atomic E-state index is 0.230. The molecule has 2 aliphatic carbocycles. The molecule has 0 spiro atoms. The van der Waals surface area contributed by atoms with Crippen molar-refractivity contribution >= 4 is 5.91 Å². The molecule has 3 aliphatic rings. The molecule has 0 aromatic rings. The lowest BCUT2D eigenvalue weighted by Gasteiger charge is -2.44. The summed E-state index contributed by atoms with van der Waals surface area (Å²) in [7, 11) is 0. The fourth-order valence-electron chi connectivity index (χ4n) is 4.22. The van der Waals surface area contributed by atoms with E-state index in [0.717, 1.165) is 39.0 Å². The van der Waals surface area contributed by atoms with Crippen molar-refractivity contribution in [2.45, 2.75) is 44.6 Å². The first-order chi connectivity index (χ1) is 9.25. The highest BCUT2D eigenvalue weighted by atomic mass is 16.5. The molecule has 4 nitrogen and oxygen atoms in total. The zero-order chi connectivity index (χ0) is 13.2. The van der Waals surface area contributed by atoms with Crippen LogP contribution in [0.25, 0.3) is 0 Å². The van der Waals surface area contributed by atoms with Crippen LogP contribution in [-0.4, -0.2) is 43.2 Å². The van der Waals surface area contributed by atoms with E-state index in [1.54, 1.807) is 0 Å². The van der Waals surface area contributed by atoms with Crippen LogP contribution in [0.15, 0.2) is 0 Å². The number of carbonyl (C=O) groups is 1. The Morgan fingerprint density at radius 2 is 1.79 bits per heavy atom. The smallest absolute Gasteiger partial charge is 0.225 e. The van der Waals surface area contributed by atoms with Gasteiger partial charge in [-0.05, 0) is 43.9 Å². The van der Waals surface area contributed by atoms with Gasteiger partial charge in [-0.25, -0.2) is 0 Å². The lowest BCUT2D eigenvalue weighted by molar-refractivity contribution is -0.138. The first kappa shape index (κ1) is 13.4. The minimum absolute atomic E-state index is 0.230. The molecule has 1 aliphatic heterocycles. The fourth-order valence-corrected chi connectivity index (χ4v) is 4.22. The number of carbonyl (C=O) groups excluding carboxylic acids is 1. The number of ether oxygens (including phenoxy) is 1. The van der Waals surface area contributed by atoms with Gasteiger partial charge in [0.25, 0.3) is 0 Å². The topological polar surface area (TPSA) is 55.6 Å². The molecule has 3 fully saturated rings. The molecule has 4 heteroatoms. The molecule has 0 aromatic heterocycles. The van der Waals surface area contributed by atoms with Gasteiger partial charge in [-0.3, -0.25) is 4.79 Å².